The second-order valence-electron chi connectivity index (χ2n) is 8.31. The van der Waals surface area contributed by atoms with E-state index in [0.717, 1.165) is 11.3 Å². The quantitative estimate of drug-likeness (QED) is 0.247. The zero-order valence-electron chi connectivity index (χ0n) is 20.2. The van der Waals surface area contributed by atoms with Gasteiger partial charge in [-0.1, -0.05) is 29.8 Å². The molecule has 0 aliphatic rings. The Morgan fingerprint density at radius 3 is 2.68 bits per heavy atom. The summed E-state index contributed by atoms with van der Waals surface area (Å²) in [5, 5.41) is 16.5. The number of imidazole rings is 1. The number of nitrogens with zero attached hydrogens (tertiary/aromatic N) is 3. The molecule has 2 heterocycles. The fourth-order valence-electron chi connectivity index (χ4n) is 3.91. The highest BCUT2D eigenvalue weighted by Crippen LogP contribution is 2.28. The van der Waals surface area contributed by atoms with Gasteiger partial charge in [0.05, 0.1) is 30.8 Å². The highest BCUT2D eigenvalue weighted by molar-refractivity contribution is 6.32. The average molecular weight is 536 g/mol. The maximum Gasteiger partial charge on any atom is 0.256 e. The van der Waals surface area contributed by atoms with Crippen molar-refractivity contribution in [2.75, 3.05) is 25.6 Å². The van der Waals surface area contributed by atoms with E-state index in [-0.39, 0.29) is 29.6 Å². The standard InChI is InChI=1S/C27H23ClFN5O4/c1-37-18-8-5-16(6-9-18)15-34-22(26-30-21-4-2-3-20(29)25(21)32-26)14-24(33-34)31-27(36)17-7-10-23(19(28)13-17)38-12-11-35/h2-10,13-14,35H,11-12,15H2,1H3,(H,30,32)(H,31,33,36). The molecule has 0 saturated heterocycles. The van der Waals surface area contributed by atoms with E-state index in [1.807, 2.05) is 24.3 Å². The van der Waals surface area contributed by atoms with Crippen LogP contribution in [0.1, 0.15) is 15.9 Å². The number of H-pyrrole nitrogens is 1. The van der Waals surface area contributed by atoms with E-state index in [9.17, 15) is 9.18 Å². The van der Waals surface area contributed by atoms with Gasteiger partial charge in [-0.15, -0.1) is 0 Å². The summed E-state index contributed by atoms with van der Waals surface area (Å²) < 4.78 is 26.6. The summed E-state index contributed by atoms with van der Waals surface area (Å²) in [6.45, 7) is 0.292. The largest absolute Gasteiger partial charge is 0.497 e. The number of aromatic amines is 1. The summed E-state index contributed by atoms with van der Waals surface area (Å²) in [7, 11) is 1.60. The van der Waals surface area contributed by atoms with Crippen molar-refractivity contribution >= 4 is 34.4 Å². The first-order chi connectivity index (χ1) is 18.4. The number of halogens is 2. The van der Waals surface area contributed by atoms with E-state index in [1.54, 1.807) is 42.1 Å². The predicted molar refractivity (Wildman–Crippen MR) is 141 cm³/mol. The number of carbonyl (C=O) groups is 1. The molecular weight excluding hydrogens is 513 g/mol. The van der Waals surface area contributed by atoms with Crippen molar-refractivity contribution in [3.8, 4) is 23.0 Å². The summed E-state index contributed by atoms with van der Waals surface area (Å²) >= 11 is 6.23. The normalized spacial score (nSPS) is 11.1. The van der Waals surface area contributed by atoms with Crippen molar-refractivity contribution in [1.29, 1.82) is 0 Å². The highest BCUT2D eigenvalue weighted by atomic mass is 35.5. The number of amides is 1. The Balaban J connectivity index is 1.46. The fraction of sp³-hybridized carbons (Fsp3) is 0.148. The molecule has 38 heavy (non-hydrogen) atoms. The summed E-state index contributed by atoms with van der Waals surface area (Å²) in [4.78, 5) is 20.5. The molecule has 5 rings (SSSR count). The molecule has 0 aliphatic carbocycles. The first-order valence-electron chi connectivity index (χ1n) is 11.6. The van der Waals surface area contributed by atoms with E-state index >= 15 is 0 Å². The number of methoxy groups -OCH3 is 1. The smallest absolute Gasteiger partial charge is 0.256 e. The van der Waals surface area contributed by atoms with Gasteiger partial charge in [0, 0.05) is 11.6 Å². The maximum atomic E-state index is 14.3. The van der Waals surface area contributed by atoms with Gasteiger partial charge >= 0.3 is 0 Å². The molecule has 0 radical (unpaired) electrons. The Bertz CT molecular complexity index is 1600. The maximum absolute atomic E-state index is 14.3. The molecule has 0 bridgehead atoms. The third-order valence-electron chi connectivity index (χ3n) is 5.77. The van der Waals surface area contributed by atoms with Crippen molar-refractivity contribution < 1.29 is 23.8 Å². The Labute approximate surface area is 221 Å². The molecule has 3 N–H and O–H groups in total. The van der Waals surface area contributed by atoms with Crippen LogP contribution in [0, 0.1) is 5.82 Å². The van der Waals surface area contributed by atoms with Crippen LogP contribution in [-0.4, -0.2) is 51.1 Å². The number of carbonyl (C=O) groups excluding carboxylic acids is 1. The van der Waals surface area contributed by atoms with Gasteiger partial charge < -0.3 is 24.9 Å². The number of aromatic nitrogens is 4. The third-order valence-corrected chi connectivity index (χ3v) is 6.06. The van der Waals surface area contributed by atoms with Gasteiger partial charge in [-0.2, -0.15) is 5.10 Å². The lowest BCUT2D eigenvalue weighted by Gasteiger charge is -2.08. The number of nitrogens with one attached hydrogen (secondary N) is 2. The third kappa shape index (κ3) is 5.31. The van der Waals surface area contributed by atoms with Gasteiger partial charge in [0.2, 0.25) is 0 Å². The van der Waals surface area contributed by atoms with Crippen LogP contribution in [0.2, 0.25) is 5.02 Å². The number of aliphatic hydroxyl groups excluding tert-OH is 1. The number of anilines is 1. The molecule has 0 unspecified atom stereocenters. The molecule has 0 fully saturated rings. The van der Waals surface area contributed by atoms with Crippen LogP contribution in [0.5, 0.6) is 11.5 Å². The van der Waals surface area contributed by atoms with E-state index in [4.69, 9.17) is 26.2 Å². The van der Waals surface area contributed by atoms with Crippen molar-refractivity contribution in [1.82, 2.24) is 19.7 Å². The monoisotopic (exact) mass is 535 g/mol. The fourth-order valence-corrected chi connectivity index (χ4v) is 4.15. The van der Waals surface area contributed by atoms with Crippen LogP contribution in [-0.2, 0) is 6.54 Å². The molecule has 11 heteroatoms. The summed E-state index contributed by atoms with van der Waals surface area (Å²) in [6.07, 6.45) is 0. The molecule has 5 aromatic rings. The van der Waals surface area contributed by atoms with E-state index in [0.29, 0.717) is 34.9 Å². The van der Waals surface area contributed by atoms with Crippen LogP contribution in [0.3, 0.4) is 0 Å². The number of hydrogen-bond donors (Lipinski definition) is 3. The Kier molecular flexibility index (Phi) is 7.25. The first-order valence-corrected chi connectivity index (χ1v) is 12.0. The first kappa shape index (κ1) is 25.2. The van der Waals surface area contributed by atoms with Crippen LogP contribution in [0.15, 0.2) is 66.7 Å². The minimum absolute atomic E-state index is 0.0887. The van der Waals surface area contributed by atoms with Crippen molar-refractivity contribution in [3.05, 3.63) is 88.7 Å². The number of benzene rings is 3. The van der Waals surface area contributed by atoms with Gasteiger partial charge in [0.25, 0.3) is 5.91 Å². The molecule has 0 aliphatic heterocycles. The number of para-hydroxylation sites is 1. The summed E-state index contributed by atoms with van der Waals surface area (Å²) in [6, 6.07) is 18.4. The molecule has 0 saturated carbocycles. The SMILES string of the molecule is COc1ccc(Cn2nc(NC(=O)c3ccc(OCCO)c(Cl)c3)cc2-c2nc3cccc(F)c3[nH]2)cc1. The second kappa shape index (κ2) is 10.9. The number of ether oxygens (including phenoxy) is 2. The molecular formula is C27H23ClFN5O4. The minimum atomic E-state index is -0.433. The highest BCUT2D eigenvalue weighted by Gasteiger charge is 2.18. The number of hydrogen-bond acceptors (Lipinski definition) is 6. The van der Waals surface area contributed by atoms with Crippen LogP contribution >= 0.6 is 11.6 Å². The Morgan fingerprint density at radius 1 is 1.16 bits per heavy atom. The van der Waals surface area contributed by atoms with Crippen molar-refractivity contribution in [2.24, 2.45) is 0 Å². The number of aliphatic hydroxyl groups is 1. The predicted octanol–water partition coefficient (Wildman–Crippen LogP) is 4.90. The molecule has 1 amide bonds. The van der Waals surface area contributed by atoms with Gasteiger partial charge in [0.15, 0.2) is 11.6 Å². The van der Waals surface area contributed by atoms with Crippen LogP contribution in [0.4, 0.5) is 10.2 Å². The minimum Gasteiger partial charge on any atom is -0.497 e. The number of rotatable bonds is 9. The molecule has 9 nitrogen and oxygen atoms in total. The van der Waals surface area contributed by atoms with Crippen LogP contribution < -0.4 is 14.8 Å². The Morgan fingerprint density at radius 2 is 1.97 bits per heavy atom. The second-order valence-corrected chi connectivity index (χ2v) is 8.72. The molecule has 0 spiro atoms. The van der Waals surface area contributed by atoms with Crippen molar-refractivity contribution in [3.63, 3.8) is 0 Å². The number of fused-ring (bicyclic) bond motifs is 1. The lowest BCUT2D eigenvalue weighted by molar-refractivity contribution is 0.102. The molecule has 194 valence electrons. The topological polar surface area (TPSA) is 114 Å². The van der Waals surface area contributed by atoms with Gasteiger partial charge in [0.1, 0.15) is 35.1 Å². The lowest BCUT2D eigenvalue weighted by Crippen LogP contribution is -2.13. The molecule has 0 atom stereocenters. The molecule has 3 aromatic carbocycles. The zero-order valence-corrected chi connectivity index (χ0v) is 21.0. The van der Waals surface area contributed by atoms with E-state index in [1.165, 1.54) is 12.1 Å². The van der Waals surface area contributed by atoms with Crippen LogP contribution in [0.25, 0.3) is 22.6 Å². The lowest BCUT2D eigenvalue weighted by atomic mass is 10.2. The summed E-state index contributed by atoms with van der Waals surface area (Å²) in [5.41, 5.74) is 2.53. The molecule has 2 aromatic heterocycles. The van der Waals surface area contributed by atoms with Gasteiger partial charge in [-0.3, -0.25) is 9.48 Å². The zero-order chi connectivity index (χ0) is 26.6. The van der Waals surface area contributed by atoms with Gasteiger partial charge in [-0.25, -0.2) is 9.37 Å². The van der Waals surface area contributed by atoms with E-state index < -0.39 is 11.7 Å². The van der Waals surface area contributed by atoms with Crippen molar-refractivity contribution in [2.45, 2.75) is 6.54 Å². The van der Waals surface area contributed by atoms with Gasteiger partial charge in [-0.05, 0) is 48.0 Å². The summed E-state index contributed by atoms with van der Waals surface area (Å²) in [5.74, 6) is 0.912. The average Bonchev–Trinajstić information content (AvgIpc) is 3.53. The van der Waals surface area contributed by atoms with E-state index in [2.05, 4.69) is 20.4 Å². The Hall–Kier alpha value is -4.41.